The zero-order chi connectivity index (χ0) is 13.1. The van der Waals surface area contributed by atoms with Gasteiger partial charge >= 0.3 is 0 Å². The van der Waals surface area contributed by atoms with Crippen molar-refractivity contribution in [3.05, 3.63) is 69.7 Å². The fourth-order valence-electron chi connectivity index (χ4n) is 1.92. The van der Waals surface area contributed by atoms with E-state index in [4.69, 9.17) is 0 Å². The summed E-state index contributed by atoms with van der Waals surface area (Å²) in [5, 5.41) is 3.00. The summed E-state index contributed by atoms with van der Waals surface area (Å²) in [6.07, 6.45) is 0. The lowest BCUT2D eigenvalue weighted by Gasteiger charge is -2.18. The standard InChI is InChI=1S/C14H12BrF2N/c1-18-14(9-3-2-4-11(16)7-9)12-6-5-10(15)8-13(12)17/h2-8,14,18H,1H3. The highest BCUT2D eigenvalue weighted by molar-refractivity contribution is 9.10. The van der Waals surface area contributed by atoms with Gasteiger partial charge in [-0.1, -0.05) is 34.1 Å². The van der Waals surface area contributed by atoms with Gasteiger partial charge in [0.2, 0.25) is 0 Å². The average molecular weight is 312 g/mol. The van der Waals surface area contributed by atoms with Gasteiger partial charge in [-0.05, 0) is 36.9 Å². The van der Waals surface area contributed by atoms with E-state index in [-0.39, 0.29) is 17.7 Å². The summed E-state index contributed by atoms with van der Waals surface area (Å²) in [5.74, 6) is -0.654. The number of halogens is 3. The van der Waals surface area contributed by atoms with Crippen LogP contribution in [0, 0.1) is 11.6 Å². The predicted molar refractivity (Wildman–Crippen MR) is 71.4 cm³/mol. The van der Waals surface area contributed by atoms with E-state index in [1.54, 1.807) is 31.3 Å². The van der Waals surface area contributed by atoms with Crippen molar-refractivity contribution in [1.82, 2.24) is 5.32 Å². The van der Waals surface area contributed by atoms with Gasteiger partial charge in [0.1, 0.15) is 11.6 Å². The Labute approximate surface area is 113 Å². The molecule has 0 amide bonds. The molecule has 1 atom stereocenters. The summed E-state index contributed by atoms with van der Waals surface area (Å²) in [4.78, 5) is 0. The van der Waals surface area contributed by atoms with Crippen LogP contribution < -0.4 is 5.32 Å². The molecular formula is C14H12BrF2N. The molecule has 1 unspecified atom stereocenters. The van der Waals surface area contributed by atoms with E-state index in [9.17, 15) is 8.78 Å². The van der Waals surface area contributed by atoms with Crippen molar-refractivity contribution in [1.29, 1.82) is 0 Å². The van der Waals surface area contributed by atoms with E-state index in [1.165, 1.54) is 18.2 Å². The van der Waals surface area contributed by atoms with Gasteiger partial charge in [-0.25, -0.2) is 8.78 Å². The Morgan fingerprint density at radius 2 is 1.89 bits per heavy atom. The van der Waals surface area contributed by atoms with Gasteiger partial charge in [0.05, 0.1) is 6.04 Å². The quantitative estimate of drug-likeness (QED) is 0.902. The molecule has 0 aromatic heterocycles. The third-order valence-electron chi connectivity index (χ3n) is 2.74. The summed E-state index contributed by atoms with van der Waals surface area (Å²) in [5.41, 5.74) is 1.19. The van der Waals surface area contributed by atoms with Crippen molar-refractivity contribution in [2.45, 2.75) is 6.04 Å². The van der Waals surface area contributed by atoms with Crippen molar-refractivity contribution < 1.29 is 8.78 Å². The van der Waals surface area contributed by atoms with Gasteiger partial charge in [-0.3, -0.25) is 0 Å². The van der Waals surface area contributed by atoms with Crippen molar-refractivity contribution >= 4 is 15.9 Å². The first-order valence-electron chi connectivity index (χ1n) is 5.49. The van der Waals surface area contributed by atoms with Crippen molar-refractivity contribution in [3.8, 4) is 0 Å². The topological polar surface area (TPSA) is 12.0 Å². The van der Waals surface area contributed by atoms with Gasteiger partial charge in [0.15, 0.2) is 0 Å². The highest BCUT2D eigenvalue weighted by atomic mass is 79.9. The van der Waals surface area contributed by atoms with Gasteiger partial charge in [-0.15, -0.1) is 0 Å². The minimum absolute atomic E-state index is 0.326. The Hall–Kier alpha value is -1.26. The molecule has 2 aromatic carbocycles. The Kier molecular flexibility index (Phi) is 4.09. The highest BCUT2D eigenvalue weighted by Gasteiger charge is 2.16. The van der Waals surface area contributed by atoms with Gasteiger partial charge in [0.25, 0.3) is 0 Å². The molecular weight excluding hydrogens is 300 g/mol. The largest absolute Gasteiger partial charge is 0.309 e. The molecule has 4 heteroatoms. The molecule has 2 aromatic rings. The zero-order valence-electron chi connectivity index (χ0n) is 9.75. The van der Waals surface area contributed by atoms with Crippen LogP contribution in [0.3, 0.4) is 0 Å². The maximum absolute atomic E-state index is 13.9. The monoisotopic (exact) mass is 311 g/mol. The van der Waals surface area contributed by atoms with E-state index in [0.29, 0.717) is 15.6 Å². The minimum Gasteiger partial charge on any atom is -0.309 e. The maximum Gasteiger partial charge on any atom is 0.129 e. The van der Waals surface area contributed by atoms with E-state index >= 15 is 0 Å². The molecule has 0 radical (unpaired) electrons. The molecule has 0 spiro atoms. The van der Waals surface area contributed by atoms with Crippen LogP contribution in [0.15, 0.2) is 46.9 Å². The second-order valence-electron chi connectivity index (χ2n) is 3.94. The summed E-state index contributed by atoms with van der Waals surface area (Å²) in [6.45, 7) is 0. The Balaban J connectivity index is 2.45. The Bertz CT molecular complexity index is 557. The lowest BCUT2D eigenvalue weighted by atomic mass is 9.98. The summed E-state index contributed by atoms with van der Waals surface area (Å²) >= 11 is 3.21. The second kappa shape index (κ2) is 5.59. The van der Waals surface area contributed by atoms with Gasteiger partial charge < -0.3 is 5.32 Å². The average Bonchev–Trinajstić information content (AvgIpc) is 2.33. The fourth-order valence-corrected chi connectivity index (χ4v) is 2.26. The van der Waals surface area contributed by atoms with E-state index in [2.05, 4.69) is 21.2 Å². The summed E-state index contributed by atoms with van der Waals surface area (Å²) in [7, 11) is 1.72. The maximum atomic E-state index is 13.9. The molecule has 0 fully saturated rings. The Morgan fingerprint density at radius 3 is 2.50 bits per heavy atom. The van der Waals surface area contributed by atoms with Crippen LogP contribution in [0.5, 0.6) is 0 Å². The van der Waals surface area contributed by atoms with Crippen LogP contribution in [-0.2, 0) is 0 Å². The third kappa shape index (κ3) is 2.76. The molecule has 2 rings (SSSR count). The summed E-state index contributed by atoms with van der Waals surface area (Å²) in [6, 6.07) is 10.6. The van der Waals surface area contributed by atoms with Crippen molar-refractivity contribution in [3.63, 3.8) is 0 Å². The molecule has 0 saturated heterocycles. The molecule has 94 valence electrons. The Morgan fingerprint density at radius 1 is 1.11 bits per heavy atom. The lowest BCUT2D eigenvalue weighted by Crippen LogP contribution is -2.19. The van der Waals surface area contributed by atoms with E-state index in [0.717, 1.165) is 0 Å². The molecule has 0 aliphatic heterocycles. The first-order valence-corrected chi connectivity index (χ1v) is 6.29. The number of nitrogens with one attached hydrogen (secondary N) is 1. The predicted octanol–water partition coefficient (Wildman–Crippen LogP) is 4.04. The van der Waals surface area contributed by atoms with Crippen LogP contribution in [0.4, 0.5) is 8.78 Å². The first kappa shape index (κ1) is 13.2. The number of hydrogen-bond acceptors (Lipinski definition) is 1. The van der Waals surface area contributed by atoms with Crippen LogP contribution in [0.25, 0.3) is 0 Å². The summed E-state index contributed by atoms with van der Waals surface area (Å²) < 4.78 is 27.8. The number of benzene rings is 2. The molecule has 0 heterocycles. The van der Waals surface area contributed by atoms with Crippen LogP contribution >= 0.6 is 15.9 Å². The smallest absolute Gasteiger partial charge is 0.129 e. The fraction of sp³-hybridized carbons (Fsp3) is 0.143. The van der Waals surface area contributed by atoms with Gasteiger partial charge in [0, 0.05) is 10.0 Å². The van der Waals surface area contributed by atoms with Crippen LogP contribution in [0.2, 0.25) is 0 Å². The number of rotatable bonds is 3. The molecule has 0 aliphatic rings. The molecule has 0 aliphatic carbocycles. The van der Waals surface area contributed by atoms with E-state index in [1.807, 2.05) is 0 Å². The first-order chi connectivity index (χ1) is 8.61. The molecule has 1 N–H and O–H groups in total. The minimum atomic E-state index is -0.367. The van der Waals surface area contributed by atoms with Crippen molar-refractivity contribution in [2.24, 2.45) is 0 Å². The normalized spacial score (nSPS) is 12.4. The third-order valence-corrected chi connectivity index (χ3v) is 3.24. The number of hydrogen-bond donors (Lipinski definition) is 1. The second-order valence-corrected chi connectivity index (χ2v) is 4.86. The molecule has 0 saturated carbocycles. The van der Waals surface area contributed by atoms with Gasteiger partial charge in [-0.2, -0.15) is 0 Å². The van der Waals surface area contributed by atoms with Crippen molar-refractivity contribution in [2.75, 3.05) is 7.05 Å². The van der Waals surface area contributed by atoms with Crippen LogP contribution in [-0.4, -0.2) is 7.05 Å². The molecule has 1 nitrogen and oxygen atoms in total. The highest BCUT2D eigenvalue weighted by Crippen LogP contribution is 2.26. The molecule has 18 heavy (non-hydrogen) atoms. The van der Waals surface area contributed by atoms with E-state index < -0.39 is 0 Å². The molecule has 0 bridgehead atoms. The zero-order valence-corrected chi connectivity index (χ0v) is 11.3. The van der Waals surface area contributed by atoms with Crippen LogP contribution in [0.1, 0.15) is 17.2 Å². The SMILES string of the molecule is CNC(c1cccc(F)c1)c1ccc(Br)cc1F. The lowest BCUT2D eigenvalue weighted by molar-refractivity contribution is 0.571.